The predicted octanol–water partition coefficient (Wildman–Crippen LogP) is 2.46. The smallest absolute Gasteiger partial charge is 0.286 e. The van der Waals surface area contributed by atoms with Crippen molar-refractivity contribution in [3.05, 3.63) is 47.4 Å². The number of amides is 2. The number of rotatable bonds is 6. The van der Waals surface area contributed by atoms with Gasteiger partial charge in [0, 0.05) is 24.5 Å². The number of nitrogens with zero attached hydrogens (tertiary/aromatic N) is 2. The quantitative estimate of drug-likeness (QED) is 0.837. The Morgan fingerprint density at radius 1 is 1.32 bits per heavy atom. The molecule has 2 aliphatic rings. The number of ether oxygens (including phenoxy) is 1. The molecule has 2 atom stereocenters. The molecule has 0 radical (unpaired) electrons. The van der Waals surface area contributed by atoms with E-state index in [1.165, 1.54) is 12.4 Å². The molecule has 1 aromatic rings. The van der Waals surface area contributed by atoms with Crippen LogP contribution in [0.25, 0.3) is 0 Å². The van der Waals surface area contributed by atoms with Crippen LogP contribution in [0.5, 0.6) is 5.75 Å². The average Bonchev–Trinajstić information content (AvgIpc) is 2.89. The van der Waals surface area contributed by atoms with Gasteiger partial charge in [0.15, 0.2) is 0 Å². The molecule has 0 aromatic heterocycles. The maximum absolute atomic E-state index is 11.7. The third-order valence-corrected chi connectivity index (χ3v) is 5.03. The van der Waals surface area contributed by atoms with Crippen LogP contribution in [-0.2, 0) is 11.2 Å². The molecule has 2 heterocycles. The number of thioether (sulfide) groups is 1. The van der Waals surface area contributed by atoms with Crippen LogP contribution in [0.2, 0.25) is 0 Å². The van der Waals surface area contributed by atoms with Crippen LogP contribution in [-0.4, -0.2) is 39.8 Å². The van der Waals surface area contributed by atoms with E-state index in [0.29, 0.717) is 25.2 Å². The molecule has 0 aliphatic carbocycles. The highest BCUT2D eigenvalue weighted by atomic mass is 32.2. The second kappa shape index (κ2) is 7.71. The molecule has 1 N–H and O–H groups in total. The Hall–Kier alpha value is -2.32. The summed E-state index contributed by atoms with van der Waals surface area (Å²) in [6, 6.07) is 7.11. The van der Waals surface area contributed by atoms with Crippen LogP contribution in [0.3, 0.4) is 0 Å². The fourth-order valence-electron chi connectivity index (χ4n) is 2.68. The fourth-order valence-corrected chi connectivity index (χ4v) is 3.54. The molecule has 25 heavy (non-hydrogen) atoms. The maximum atomic E-state index is 11.7. The summed E-state index contributed by atoms with van der Waals surface area (Å²) in [5.74, 6) is 0.456. The predicted molar refractivity (Wildman–Crippen MR) is 96.4 cm³/mol. The first-order valence-electron chi connectivity index (χ1n) is 7.92. The zero-order chi connectivity index (χ0) is 17.8. The zero-order valence-electron chi connectivity index (χ0n) is 13.7. The first kappa shape index (κ1) is 17.5. The van der Waals surface area contributed by atoms with Crippen LogP contribution in [0.15, 0.2) is 41.7 Å². The standard InChI is InChI=1S/C17H18N3O4S/c1-11-14(20(23)8-7-18-11)6-9-24-13-4-2-12(3-5-13)10-15-16(21)19-17(22)25-15/h2-5,7-8,14-15H,6,9-10H2,1H3,(H,19,21,22)/q-1. The van der Waals surface area contributed by atoms with Crippen molar-refractivity contribution >= 4 is 28.6 Å². The van der Waals surface area contributed by atoms with Gasteiger partial charge in [-0.15, -0.1) is 0 Å². The topological polar surface area (TPSA) is 94.1 Å². The van der Waals surface area contributed by atoms with Crippen LogP contribution in [0, 0.1) is 5.21 Å². The van der Waals surface area contributed by atoms with Crippen molar-refractivity contribution in [1.29, 1.82) is 0 Å². The van der Waals surface area contributed by atoms with Gasteiger partial charge in [0.1, 0.15) is 5.75 Å². The maximum Gasteiger partial charge on any atom is 0.286 e. The van der Waals surface area contributed by atoms with Gasteiger partial charge in [0.05, 0.1) is 17.9 Å². The summed E-state index contributed by atoms with van der Waals surface area (Å²) in [7, 11) is 0. The summed E-state index contributed by atoms with van der Waals surface area (Å²) in [6.07, 6.45) is 3.95. The molecular weight excluding hydrogens is 342 g/mol. The number of hydrogen-bond donors (Lipinski definition) is 1. The van der Waals surface area contributed by atoms with Gasteiger partial charge in [-0.25, -0.2) is 0 Å². The summed E-state index contributed by atoms with van der Waals surface area (Å²) in [5.41, 5.74) is 1.74. The lowest BCUT2D eigenvalue weighted by Gasteiger charge is -2.37. The first-order chi connectivity index (χ1) is 12.0. The molecule has 0 bridgehead atoms. The Morgan fingerprint density at radius 3 is 2.72 bits per heavy atom. The van der Waals surface area contributed by atoms with E-state index in [1.54, 1.807) is 0 Å². The summed E-state index contributed by atoms with van der Waals surface area (Å²) >= 11 is 1.02. The Kier molecular flexibility index (Phi) is 5.40. The van der Waals surface area contributed by atoms with Gasteiger partial charge in [0.2, 0.25) is 5.91 Å². The van der Waals surface area contributed by atoms with Crippen LogP contribution in [0.4, 0.5) is 4.79 Å². The van der Waals surface area contributed by atoms with Gasteiger partial charge in [0.25, 0.3) is 5.24 Å². The summed E-state index contributed by atoms with van der Waals surface area (Å²) < 4.78 is 5.69. The summed E-state index contributed by atoms with van der Waals surface area (Å²) in [4.78, 5) is 26.9. The molecule has 7 nitrogen and oxygen atoms in total. The van der Waals surface area contributed by atoms with Crippen LogP contribution < -0.4 is 10.1 Å². The van der Waals surface area contributed by atoms with E-state index in [-0.39, 0.29) is 22.4 Å². The molecule has 2 amide bonds. The van der Waals surface area contributed by atoms with Crippen LogP contribution >= 0.6 is 11.8 Å². The SMILES string of the molecule is CC1=NC=CN([O-])C1CCOc1ccc(CC2SC(=O)NC2=O)cc1. The van der Waals surface area contributed by atoms with Crippen molar-refractivity contribution in [3.8, 4) is 5.75 Å². The van der Waals surface area contributed by atoms with E-state index >= 15 is 0 Å². The minimum atomic E-state index is -0.371. The van der Waals surface area contributed by atoms with Crippen molar-refractivity contribution in [2.75, 3.05) is 6.61 Å². The van der Waals surface area contributed by atoms with E-state index in [4.69, 9.17) is 4.74 Å². The molecule has 1 aromatic carbocycles. The normalized spacial score (nSPS) is 22.8. The largest absolute Gasteiger partial charge is 0.758 e. The molecule has 0 spiro atoms. The van der Waals surface area contributed by atoms with Crippen molar-refractivity contribution in [2.24, 2.45) is 4.99 Å². The molecule has 3 rings (SSSR count). The number of hydroxylamine groups is 2. The van der Waals surface area contributed by atoms with Crippen molar-refractivity contribution in [3.63, 3.8) is 0 Å². The number of benzene rings is 1. The molecule has 1 fully saturated rings. The monoisotopic (exact) mass is 360 g/mol. The minimum absolute atomic E-state index is 0.240. The highest BCUT2D eigenvalue weighted by Gasteiger charge is 2.31. The van der Waals surface area contributed by atoms with Gasteiger partial charge in [-0.05, 0) is 31.0 Å². The number of hydrogen-bond acceptors (Lipinski definition) is 7. The number of nitrogens with one attached hydrogen (secondary N) is 1. The molecule has 132 valence electrons. The first-order valence-corrected chi connectivity index (χ1v) is 8.80. The Morgan fingerprint density at radius 2 is 2.08 bits per heavy atom. The molecular formula is C17H18N3O4S-. The highest BCUT2D eigenvalue weighted by Crippen LogP contribution is 2.24. The zero-order valence-corrected chi connectivity index (χ0v) is 14.5. The number of aliphatic imine (C=N–C) groups is 1. The third kappa shape index (κ3) is 4.40. The molecule has 2 aliphatic heterocycles. The van der Waals surface area contributed by atoms with E-state index in [0.717, 1.165) is 28.1 Å². The van der Waals surface area contributed by atoms with Crippen molar-refractivity contribution in [2.45, 2.75) is 31.1 Å². The van der Waals surface area contributed by atoms with Gasteiger partial charge in [-0.3, -0.25) is 19.9 Å². The van der Waals surface area contributed by atoms with E-state index in [9.17, 15) is 14.8 Å². The Bertz CT molecular complexity index is 717. The Labute approximate surface area is 149 Å². The second-order valence-electron chi connectivity index (χ2n) is 5.81. The minimum Gasteiger partial charge on any atom is -0.758 e. The lowest BCUT2D eigenvalue weighted by atomic mass is 10.1. The lowest BCUT2D eigenvalue weighted by Crippen LogP contribution is -2.35. The summed E-state index contributed by atoms with van der Waals surface area (Å²) in [5, 5.41) is 14.2. The van der Waals surface area contributed by atoms with E-state index < -0.39 is 0 Å². The number of carbonyl (C=O) groups is 2. The fraction of sp³-hybridized carbons (Fsp3) is 0.353. The van der Waals surface area contributed by atoms with Gasteiger partial charge < -0.3 is 15.0 Å². The average molecular weight is 360 g/mol. The highest BCUT2D eigenvalue weighted by molar-refractivity contribution is 8.15. The van der Waals surface area contributed by atoms with Crippen molar-refractivity contribution in [1.82, 2.24) is 10.4 Å². The molecule has 0 saturated carbocycles. The van der Waals surface area contributed by atoms with E-state index in [1.807, 2.05) is 31.2 Å². The van der Waals surface area contributed by atoms with Gasteiger partial charge >= 0.3 is 0 Å². The second-order valence-corrected chi connectivity index (χ2v) is 6.99. The number of carbonyl (C=O) groups excluding carboxylic acids is 2. The van der Waals surface area contributed by atoms with Crippen molar-refractivity contribution < 1.29 is 14.3 Å². The lowest BCUT2D eigenvalue weighted by molar-refractivity contribution is -0.118. The van der Waals surface area contributed by atoms with Gasteiger partial charge in [-0.1, -0.05) is 23.9 Å². The molecule has 1 saturated heterocycles. The van der Waals surface area contributed by atoms with Gasteiger partial charge in [-0.2, -0.15) is 0 Å². The third-order valence-electron chi connectivity index (χ3n) is 4.05. The molecule has 2 unspecified atom stereocenters. The van der Waals surface area contributed by atoms with E-state index in [2.05, 4.69) is 10.3 Å². The number of imide groups is 1. The molecule has 8 heteroatoms. The summed E-state index contributed by atoms with van der Waals surface area (Å²) in [6.45, 7) is 2.23. The van der Waals surface area contributed by atoms with Crippen LogP contribution in [0.1, 0.15) is 18.9 Å². The Balaban J connectivity index is 1.48.